The number of nitrogen functional groups attached to an aromatic ring is 1. The van der Waals surface area contributed by atoms with Gasteiger partial charge in [0.15, 0.2) is 12.4 Å². The van der Waals surface area contributed by atoms with E-state index in [4.69, 9.17) is 10.5 Å². The number of benzene rings is 1. The zero-order chi connectivity index (χ0) is 13.7. The lowest BCUT2D eigenvalue weighted by Crippen LogP contribution is -2.28. The van der Waals surface area contributed by atoms with Crippen molar-refractivity contribution in [3.05, 3.63) is 36.4 Å². The summed E-state index contributed by atoms with van der Waals surface area (Å²) in [4.78, 5) is 15.5. The minimum absolute atomic E-state index is 0.0731. The Labute approximate surface area is 110 Å². The highest BCUT2D eigenvalue weighted by molar-refractivity contribution is 5.77. The zero-order valence-corrected chi connectivity index (χ0v) is 10.5. The van der Waals surface area contributed by atoms with Gasteiger partial charge >= 0.3 is 0 Å². The van der Waals surface area contributed by atoms with E-state index < -0.39 is 0 Å². The van der Waals surface area contributed by atoms with Crippen molar-refractivity contribution in [2.75, 3.05) is 12.3 Å². The van der Waals surface area contributed by atoms with Gasteiger partial charge in [-0.05, 0) is 12.1 Å². The van der Waals surface area contributed by atoms with Crippen molar-refractivity contribution < 1.29 is 9.53 Å². The Kier molecular flexibility index (Phi) is 3.97. The lowest BCUT2D eigenvalue weighted by Gasteiger charge is -2.06. The van der Waals surface area contributed by atoms with Gasteiger partial charge in [-0.2, -0.15) is 5.10 Å². The number of amides is 1. The molecule has 0 unspecified atom stereocenters. The van der Waals surface area contributed by atoms with Crippen molar-refractivity contribution in [2.24, 2.45) is 7.05 Å². The topological polar surface area (TPSA) is 95.1 Å². The normalized spacial score (nSPS) is 10.2. The van der Waals surface area contributed by atoms with Crippen molar-refractivity contribution in [1.82, 2.24) is 20.1 Å². The fourth-order valence-corrected chi connectivity index (χ4v) is 1.45. The Morgan fingerprint density at radius 1 is 1.53 bits per heavy atom. The van der Waals surface area contributed by atoms with Crippen molar-refractivity contribution >= 4 is 11.6 Å². The van der Waals surface area contributed by atoms with Crippen LogP contribution in [-0.4, -0.2) is 27.3 Å². The van der Waals surface area contributed by atoms with Gasteiger partial charge in [0.2, 0.25) is 0 Å². The summed E-state index contributed by atoms with van der Waals surface area (Å²) >= 11 is 0. The monoisotopic (exact) mass is 261 g/mol. The smallest absolute Gasteiger partial charge is 0.258 e. The van der Waals surface area contributed by atoms with Gasteiger partial charge in [0.25, 0.3) is 5.91 Å². The standard InChI is InChI=1S/C12H15N5O2/c1-17-8-15-11(16-17)6-14-12(18)7-19-10-4-2-3-9(13)5-10/h2-5,8H,6-7,13H2,1H3,(H,14,18). The summed E-state index contributed by atoms with van der Waals surface area (Å²) in [6, 6.07) is 6.91. The van der Waals surface area contributed by atoms with E-state index in [1.165, 1.54) is 0 Å². The average Bonchev–Trinajstić information content (AvgIpc) is 2.80. The van der Waals surface area contributed by atoms with Crippen molar-refractivity contribution in [3.8, 4) is 5.75 Å². The van der Waals surface area contributed by atoms with Crippen LogP contribution < -0.4 is 15.8 Å². The number of aromatic nitrogens is 3. The van der Waals surface area contributed by atoms with E-state index in [1.807, 2.05) is 0 Å². The minimum atomic E-state index is -0.241. The molecule has 1 amide bonds. The van der Waals surface area contributed by atoms with E-state index in [9.17, 15) is 4.79 Å². The number of nitrogens with two attached hydrogens (primary N) is 1. The third-order valence-electron chi connectivity index (χ3n) is 2.32. The van der Waals surface area contributed by atoms with E-state index in [0.717, 1.165) is 0 Å². The molecule has 0 spiro atoms. The van der Waals surface area contributed by atoms with Crippen molar-refractivity contribution in [2.45, 2.75) is 6.54 Å². The molecule has 0 aliphatic carbocycles. The maximum Gasteiger partial charge on any atom is 0.258 e. The number of anilines is 1. The summed E-state index contributed by atoms with van der Waals surface area (Å²) < 4.78 is 6.88. The van der Waals surface area contributed by atoms with Crippen LogP contribution in [0.4, 0.5) is 5.69 Å². The van der Waals surface area contributed by atoms with E-state index in [-0.39, 0.29) is 19.1 Å². The molecule has 1 aromatic heterocycles. The predicted molar refractivity (Wildman–Crippen MR) is 69.2 cm³/mol. The first-order chi connectivity index (χ1) is 9.13. The molecule has 0 atom stereocenters. The quantitative estimate of drug-likeness (QED) is 0.744. The summed E-state index contributed by atoms with van der Waals surface area (Å²) in [6.45, 7) is 0.205. The molecular formula is C12H15N5O2. The molecule has 0 aliphatic rings. The predicted octanol–water partition coefficient (Wildman–Crippen LogP) is 0.0925. The highest BCUT2D eigenvalue weighted by atomic mass is 16.5. The highest BCUT2D eigenvalue weighted by Crippen LogP contribution is 2.13. The average molecular weight is 261 g/mol. The molecule has 0 aliphatic heterocycles. The number of ether oxygens (including phenoxy) is 1. The van der Waals surface area contributed by atoms with Crippen LogP contribution in [0.1, 0.15) is 5.82 Å². The van der Waals surface area contributed by atoms with Gasteiger partial charge in [-0.3, -0.25) is 9.48 Å². The molecule has 19 heavy (non-hydrogen) atoms. The second kappa shape index (κ2) is 5.85. The van der Waals surface area contributed by atoms with Gasteiger partial charge in [0.05, 0.1) is 6.54 Å². The number of nitrogens with zero attached hydrogens (tertiary/aromatic N) is 3. The number of aryl methyl sites for hydroxylation is 1. The third kappa shape index (κ3) is 3.98. The Morgan fingerprint density at radius 3 is 3.05 bits per heavy atom. The Bertz CT molecular complexity index is 567. The molecule has 0 saturated heterocycles. The van der Waals surface area contributed by atoms with Gasteiger partial charge in [-0.15, -0.1) is 0 Å². The van der Waals surface area contributed by atoms with Gasteiger partial charge in [0, 0.05) is 18.8 Å². The maximum absolute atomic E-state index is 11.6. The summed E-state index contributed by atoms with van der Waals surface area (Å²) in [5, 5.41) is 6.71. The van der Waals surface area contributed by atoms with E-state index >= 15 is 0 Å². The van der Waals surface area contributed by atoms with Crippen molar-refractivity contribution in [1.29, 1.82) is 0 Å². The molecule has 1 aromatic carbocycles. The molecule has 1 heterocycles. The van der Waals surface area contributed by atoms with Crippen LogP contribution in [0.25, 0.3) is 0 Å². The highest BCUT2D eigenvalue weighted by Gasteiger charge is 2.05. The summed E-state index contributed by atoms with van der Waals surface area (Å²) in [5.74, 6) is 0.876. The zero-order valence-electron chi connectivity index (χ0n) is 10.5. The number of nitrogens with one attached hydrogen (secondary N) is 1. The minimum Gasteiger partial charge on any atom is -0.484 e. The summed E-state index contributed by atoms with van der Waals surface area (Å²) in [7, 11) is 1.77. The van der Waals surface area contributed by atoms with Crippen LogP contribution in [0, 0.1) is 0 Å². The second-order valence-corrected chi connectivity index (χ2v) is 3.97. The molecule has 0 bridgehead atoms. The van der Waals surface area contributed by atoms with Gasteiger partial charge < -0.3 is 15.8 Å². The first-order valence-electron chi connectivity index (χ1n) is 5.73. The summed E-state index contributed by atoms with van der Waals surface area (Å²) in [5.41, 5.74) is 6.20. The SMILES string of the molecule is Cn1cnc(CNC(=O)COc2cccc(N)c2)n1. The number of carbonyl (C=O) groups excluding carboxylic acids is 1. The lowest BCUT2D eigenvalue weighted by atomic mass is 10.3. The van der Waals surface area contributed by atoms with Crippen LogP contribution in [0.5, 0.6) is 5.75 Å². The Morgan fingerprint density at radius 2 is 2.37 bits per heavy atom. The molecule has 0 fully saturated rings. The van der Waals surface area contributed by atoms with Crippen LogP contribution in [0.2, 0.25) is 0 Å². The Hall–Kier alpha value is -2.57. The van der Waals surface area contributed by atoms with E-state index in [0.29, 0.717) is 17.3 Å². The van der Waals surface area contributed by atoms with Gasteiger partial charge in [0.1, 0.15) is 12.1 Å². The van der Waals surface area contributed by atoms with Gasteiger partial charge in [-0.1, -0.05) is 6.07 Å². The fraction of sp³-hybridized carbons (Fsp3) is 0.250. The number of hydrogen-bond donors (Lipinski definition) is 2. The molecule has 2 rings (SSSR count). The molecule has 7 nitrogen and oxygen atoms in total. The molecule has 100 valence electrons. The van der Waals surface area contributed by atoms with Gasteiger partial charge in [-0.25, -0.2) is 4.98 Å². The fourth-order valence-electron chi connectivity index (χ4n) is 1.45. The Balaban J connectivity index is 1.75. The number of rotatable bonds is 5. The molecule has 0 saturated carbocycles. The summed E-state index contributed by atoms with van der Waals surface area (Å²) in [6.07, 6.45) is 1.57. The first-order valence-corrected chi connectivity index (χ1v) is 5.73. The maximum atomic E-state index is 11.6. The molecular weight excluding hydrogens is 246 g/mol. The van der Waals surface area contributed by atoms with E-state index in [1.54, 1.807) is 42.3 Å². The molecule has 2 aromatic rings. The van der Waals surface area contributed by atoms with Crippen LogP contribution in [0.15, 0.2) is 30.6 Å². The number of hydrogen-bond acceptors (Lipinski definition) is 5. The lowest BCUT2D eigenvalue weighted by molar-refractivity contribution is -0.123. The molecule has 0 radical (unpaired) electrons. The first kappa shape index (κ1) is 12.9. The number of carbonyl (C=O) groups is 1. The van der Waals surface area contributed by atoms with Crippen LogP contribution in [0.3, 0.4) is 0 Å². The van der Waals surface area contributed by atoms with Crippen molar-refractivity contribution in [3.63, 3.8) is 0 Å². The molecule has 7 heteroatoms. The van der Waals surface area contributed by atoms with E-state index in [2.05, 4.69) is 15.4 Å². The third-order valence-corrected chi connectivity index (χ3v) is 2.32. The van der Waals surface area contributed by atoms with Crippen LogP contribution >= 0.6 is 0 Å². The second-order valence-electron chi connectivity index (χ2n) is 3.97. The largest absolute Gasteiger partial charge is 0.484 e. The van der Waals surface area contributed by atoms with Crippen LogP contribution in [-0.2, 0) is 18.4 Å². The molecule has 3 N–H and O–H groups in total.